The predicted octanol–water partition coefficient (Wildman–Crippen LogP) is 4.03. The topological polar surface area (TPSA) is 99.4 Å². The first-order valence-electron chi connectivity index (χ1n) is 9.94. The molecule has 32 heavy (non-hydrogen) atoms. The van der Waals surface area contributed by atoms with Gasteiger partial charge < -0.3 is 14.6 Å². The largest absolute Gasteiger partial charge is 0.481 e. The zero-order chi connectivity index (χ0) is 22.5. The maximum absolute atomic E-state index is 11.0. The molecule has 0 unspecified atom stereocenters. The zero-order valence-corrected chi connectivity index (χ0v) is 18.5. The van der Waals surface area contributed by atoms with Crippen LogP contribution in [0, 0.1) is 6.92 Å². The Morgan fingerprint density at radius 2 is 1.94 bits per heavy atom. The number of aryl methyl sites for hydroxylation is 2. The Bertz CT molecular complexity index is 1200. The van der Waals surface area contributed by atoms with Gasteiger partial charge in [0.25, 0.3) is 0 Å². The number of hydrogen-bond acceptors (Lipinski definition) is 7. The van der Waals surface area contributed by atoms with Crippen LogP contribution in [0.1, 0.15) is 21.7 Å². The van der Waals surface area contributed by atoms with E-state index >= 15 is 0 Å². The number of carbonyl (C=O) groups is 1. The molecule has 0 amide bonds. The number of nitrogens with zero attached hydrogens (tertiary/aromatic N) is 4. The highest BCUT2D eigenvalue weighted by molar-refractivity contribution is 7.15. The van der Waals surface area contributed by atoms with Crippen LogP contribution in [0.25, 0.3) is 10.6 Å². The van der Waals surface area contributed by atoms with Crippen molar-refractivity contribution in [1.29, 1.82) is 0 Å². The van der Waals surface area contributed by atoms with Crippen molar-refractivity contribution in [1.82, 2.24) is 19.7 Å². The molecule has 0 bridgehead atoms. The first-order valence-corrected chi connectivity index (χ1v) is 10.8. The molecule has 0 aliphatic rings. The first kappa shape index (κ1) is 21.5. The molecule has 0 saturated heterocycles. The van der Waals surface area contributed by atoms with Crippen LogP contribution in [-0.4, -0.2) is 30.8 Å². The lowest BCUT2D eigenvalue weighted by molar-refractivity contribution is -0.136. The number of carboxylic acid groups (broad SMARTS) is 1. The number of aromatic nitrogens is 4. The van der Waals surface area contributed by atoms with Gasteiger partial charge in [-0.05, 0) is 13.0 Å². The number of carboxylic acids is 1. The average Bonchev–Trinajstić information content (AvgIpc) is 3.33. The molecule has 3 aromatic heterocycles. The van der Waals surface area contributed by atoms with Crippen LogP contribution in [0.4, 0.5) is 0 Å². The lowest BCUT2D eigenvalue weighted by Gasteiger charge is -2.07. The summed E-state index contributed by atoms with van der Waals surface area (Å²) in [5.41, 5.74) is 3.33. The molecule has 0 fully saturated rings. The summed E-state index contributed by atoms with van der Waals surface area (Å²) in [6.07, 6.45) is 3.16. The summed E-state index contributed by atoms with van der Waals surface area (Å²) in [7, 11) is 1.72. The van der Waals surface area contributed by atoms with E-state index in [4.69, 9.17) is 19.6 Å². The smallest absolute Gasteiger partial charge is 0.308 e. The third kappa shape index (κ3) is 5.30. The number of aliphatic carboxylic acids is 1. The summed E-state index contributed by atoms with van der Waals surface area (Å²) >= 11 is 1.64. The summed E-state index contributed by atoms with van der Waals surface area (Å²) in [5.74, 6) is -0.132. The second kappa shape index (κ2) is 9.61. The van der Waals surface area contributed by atoms with Crippen LogP contribution in [0.5, 0.6) is 11.8 Å². The number of thiazole rings is 1. The Kier molecular flexibility index (Phi) is 6.46. The van der Waals surface area contributed by atoms with Crippen molar-refractivity contribution >= 4 is 17.3 Å². The minimum absolute atomic E-state index is 0.143. The molecular formula is C23H22N4O4S. The van der Waals surface area contributed by atoms with E-state index in [2.05, 4.69) is 10.1 Å². The minimum Gasteiger partial charge on any atom is -0.481 e. The van der Waals surface area contributed by atoms with Crippen molar-refractivity contribution in [2.75, 3.05) is 0 Å². The number of ether oxygens (including phenoxy) is 2. The standard InChI is InChI=1S/C23H22N4O4S/c1-15-19(25-23(32-15)17-6-4-3-5-7-17)14-30-20-9-8-16(11-24-20)13-31-22-18(10-21(28)29)12-27(2)26-22/h3-9,11-12H,10,13-14H2,1-2H3,(H,28,29). The summed E-state index contributed by atoms with van der Waals surface area (Å²) < 4.78 is 13.0. The maximum atomic E-state index is 11.0. The van der Waals surface area contributed by atoms with E-state index in [9.17, 15) is 4.79 Å². The van der Waals surface area contributed by atoms with E-state index in [1.807, 2.05) is 43.3 Å². The minimum atomic E-state index is -0.933. The number of benzene rings is 1. The highest BCUT2D eigenvalue weighted by atomic mass is 32.1. The van der Waals surface area contributed by atoms with Gasteiger partial charge in [-0.25, -0.2) is 9.97 Å². The molecule has 3 heterocycles. The van der Waals surface area contributed by atoms with E-state index in [0.717, 1.165) is 26.7 Å². The van der Waals surface area contributed by atoms with Gasteiger partial charge in [0.15, 0.2) is 0 Å². The molecule has 1 N–H and O–H groups in total. The first-order chi connectivity index (χ1) is 15.5. The molecule has 0 aliphatic heterocycles. The van der Waals surface area contributed by atoms with Crippen molar-refractivity contribution in [3.63, 3.8) is 0 Å². The number of pyridine rings is 1. The molecule has 0 saturated carbocycles. The van der Waals surface area contributed by atoms with E-state index in [-0.39, 0.29) is 13.0 Å². The lowest BCUT2D eigenvalue weighted by atomic mass is 10.2. The molecule has 0 atom stereocenters. The van der Waals surface area contributed by atoms with Crippen LogP contribution < -0.4 is 9.47 Å². The highest BCUT2D eigenvalue weighted by Gasteiger charge is 2.13. The molecule has 0 spiro atoms. The van der Waals surface area contributed by atoms with E-state index in [1.54, 1.807) is 36.8 Å². The summed E-state index contributed by atoms with van der Waals surface area (Å²) in [4.78, 5) is 21.1. The summed E-state index contributed by atoms with van der Waals surface area (Å²) in [6.45, 7) is 2.60. The molecule has 0 radical (unpaired) electrons. The Balaban J connectivity index is 1.34. The second-order valence-corrected chi connectivity index (χ2v) is 8.38. The van der Waals surface area contributed by atoms with Crippen molar-refractivity contribution in [3.8, 4) is 22.3 Å². The molecule has 4 rings (SSSR count). The monoisotopic (exact) mass is 450 g/mol. The van der Waals surface area contributed by atoms with Crippen LogP contribution in [-0.2, 0) is 31.5 Å². The van der Waals surface area contributed by atoms with Gasteiger partial charge >= 0.3 is 5.97 Å². The van der Waals surface area contributed by atoms with Crippen molar-refractivity contribution in [3.05, 3.63) is 76.6 Å². The molecule has 9 heteroatoms. The molecule has 8 nitrogen and oxygen atoms in total. The molecular weight excluding hydrogens is 428 g/mol. The predicted molar refractivity (Wildman–Crippen MR) is 120 cm³/mol. The normalized spacial score (nSPS) is 10.8. The van der Waals surface area contributed by atoms with Gasteiger partial charge in [-0.15, -0.1) is 16.4 Å². The lowest BCUT2D eigenvalue weighted by Crippen LogP contribution is -2.03. The van der Waals surface area contributed by atoms with E-state index in [0.29, 0.717) is 23.9 Å². The van der Waals surface area contributed by atoms with Crippen LogP contribution in [0.2, 0.25) is 0 Å². The van der Waals surface area contributed by atoms with Gasteiger partial charge in [0.1, 0.15) is 18.2 Å². The van der Waals surface area contributed by atoms with Crippen molar-refractivity contribution < 1.29 is 19.4 Å². The maximum Gasteiger partial charge on any atom is 0.308 e. The molecule has 4 aromatic rings. The Morgan fingerprint density at radius 3 is 2.66 bits per heavy atom. The zero-order valence-electron chi connectivity index (χ0n) is 17.7. The van der Waals surface area contributed by atoms with Gasteiger partial charge in [-0.1, -0.05) is 30.3 Å². The fraction of sp³-hybridized carbons (Fsp3) is 0.217. The number of rotatable bonds is 9. The van der Waals surface area contributed by atoms with Crippen LogP contribution in [0.3, 0.4) is 0 Å². The quantitative estimate of drug-likeness (QED) is 0.411. The third-order valence-electron chi connectivity index (χ3n) is 4.65. The Labute approximate surface area is 189 Å². The fourth-order valence-corrected chi connectivity index (χ4v) is 3.99. The highest BCUT2D eigenvalue weighted by Crippen LogP contribution is 2.28. The molecule has 164 valence electrons. The summed E-state index contributed by atoms with van der Waals surface area (Å²) in [5, 5.41) is 14.1. The number of hydrogen-bond donors (Lipinski definition) is 1. The van der Waals surface area contributed by atoms with Crippen molar-refractivity contribution in [2.45, 2.75) is 26.6 Å². The third-order valence-corrected chi connectivity index (χ3v) is 5.71. The van der Waals surface area contributed by atoms with E-state index < -0.39 is 5.97 Å². The second-order valence-electron chi connectivity index (χ2n) is 7.17. The van der Waals surface area contributed by atoms with Gasteiger partial charge in [-0.2, -0.15) is 0 Å². The fourth-order valence-electron chi connectivity index (χ4n) is 3.06. The van der Waals surface area contributed by atoms with Crippen LogP contribution in [0.15, 0.2) is 54.9 Å². The Morgan fingerprint density at radius 1 is 1.12 bits per heavy atom. The molecule has 0 aliphatic carbocycles. The summed E-state index contributed by atoms with van der Waals surface area (Å²) in [6, 6.07) is 13.7. The van der Waals surface area contributed by atoms with Gasteiger partial charge in [-0.3, -0.25) is 9.48 Å². The van der Waals surface area contributed by atoms with Crippen LogP contribution >= 0.6 is 11.3 Å². The average molecular weight is 451 g/mol. The van der Waals surface area contributed by atoms with Crippen molar-refractivity contribution in [2.24, 2.45) is 7.05 Å². The van der Waals surface area contributed by atoms with Gasteiger partial charge in [0, 0.05) is 47.1 Å². The SMILES string of the molecule is Cc1sc(-c2ccccc2)nc1COc1ccc(COc2nn(C)cc2CC(=O)O)cn1. The van der Waals surface area contributed by atoms with E-state index in [1.165, 1.54) is 4.68 Å². The van der Waals surface area contributed by atoms with Gasteiger partial charge in [0.05, 0.1) is 12.1 Å². The van der Waals surface area contributed by atoms with Gasteiger partial charge in [0.2, 0.25) is 11.8 Å². The Hall–Kier alpha value is -3.72. The molecule has 1 aromatic carbocycles.